The SMILES string of the molecule is CCc1ccc(-c2cnc(CNC3CC3)o2)o1. The fraction of sp³-hybridized carbons (Fsp3) is 0.462. The predicted molar refractivity (Wildman–Crippen MR) is 63.4 cm³/mol. The van der Waals surface area contributed by atoms with Gasteiger partial charge in [-0.2, -0.15) is 0 Å². The van der Waals surface area contributed by atoms with E-state index in [1.54, 1.807) is 6.20 Å². The van der Waals surface area contributed by atoms with Crippen molar-refractivity contribution in [3.63, 3.8) is 0 Å². The highest BCUT2D eigenvalue weighted by Gasteiger charge is 2.21. The number of aromatic nitrogens is 1. The number of hydrogen-bond donors (Lipinski definition) is 1. The minimum Gasteiger partial charge on any atom is -0.458 e. The molecule has 0 aromatic carbocycles. The first-order chi connectivity index (χ1) is 8.35. The minimum atomic E-state index is 0.667. The molecule has 0 saturated heterocycles. The molecule has 0 radical (unpaired) electrons. The lowest BCUT2D eigenvalue weighted by atomic mass is 10.3. The van der Waals surface area contributed by atoms with Crippen molar-refractivity contribution in [3.8, 4) is 11.5 Å². The van der Waals surface area contributed by atoms with Gasteiger partial charge in [0.25, 0.3) is 0 Å². The molecule has 2 aromatic heterocycles. The summed E-state index contributed by atoms with van der Waals surface area (Å²) in [5.74, 6) is 3.15. The van der Waals surface area contributed by atoms with Crippen LogP contribution in [0.5, 0.6) is 0 Å². The molecule has 2 heterocycles. The van der Waals surface area contributed by atoms with Crippen LogP contribution in [0.4, 0.5) is 0 Å². The van der Waals surface area contributed by atoms with Crippen molar-refractivity contribution in [3.05, 3.63) is 30.0 Å². The van der Waals surface area contributed by atoms with Gasteiger partial charge in [0.2, 0.25) is 5.89 Å². The normalized spacial score (nSPS) is 15.4. The molecule has 0 aliphatic heterocycles. The molecule has 4 nitrogen and oxygen atoms in total. The zero-order chi connectivity index (χ0) is 11.7. The largest absolute Gasteiger partial charge is 0.458 e. The van der Waals surface area contributed by atoms with Crippen LogP contribution >= 0.6 is 0 Å². The van der Waals surface area contributed by atoms with Crippen molar-refractivity contribution in [2.45, 2.75) is 38.8 Å². The lowest BCUT2D eigenvalue weighted by Gasteiger charge is -1.96. The second kappa shape index (κ2) is 4.37. The quantitative estimate of drug-likeness (QED) is 0.861. The lowest BCUT2D eigenvalue weighted by Crippen LogP contribution is -2.15. The molecule has 1 fully saturated rings. The maximum Gasteiger partial charge on any atom is 0.209 e. The Kier molecular flexibility index (Phi) is 2.73. The van der Waals surface area contributed by atoms with Gasteiger partial charge >= 0.3 is 0 Å². The molecule has 4 heteroatoms. The number of nitrogens with one attached hydrogen (secondary N) is 1. The molecule has 2 aromatic rings. The second-order valence-electron chi connectivity index (χ2n) is 4.39. The van der Waals surface area contributed by atoms with Gasteiger partial charge in [-0.25, -0.2) is 4.98 Å². The summed E-state index contributed by atoms with van der Waals surface area (Å²) >= 11 is 0. The van der Waals surface area contributed by atoms with E-state index in [0.29, 0.717) is 18.3 Å². The number of oxazole rings is 1. The lowest BCUT2D eigenvalue weighted by molar-refractivity contribution is 0.453. The van der Waals surface area contributed by atoms with Crippen molar-refractivity contribution in [1.82, 2.24) is 10.3 Å². The van der Waals surface area contributed by atoms with Crippen LogP contribution in [0.15, 0.2) is 27.2 Å². The number of nitrogens with zero attached hydrogens (tertiary/aromatic N) is 1. The fourth-order valence-corrected chi connectivity index (χ4v) is 1.73. The molecule has 0 bridgehead atoms. The van der Waals surface area contributed by atoms with Crippen LogP contribution in [0.3, 0.4) is 0 Å². The van der Waals surface area contributed by atoms with Crippen molar-refractivity contribution in [1.29, 1.82) is 0 Å². The molecule has 0 unspecified atom stereocenters. The Morgan fingerprint density at radius 2 is 2.18 bits per heavy atom. The first kappa shape index (κ1) is 10.6. The van der Waals surface area contributed by atoms with E-state index in [4.69, 9.17) is 8.83 Å². The Hall–Kier alpha value is -1.55. The highest BCUT2D eigenvalue weighted by Crippen LogP contribution is 2.24. The third-order valence-electron chi connectivity index (χ3n) is 2.93. The van der Waals surface area contributed by atoms with Crippen LogP contribution in [0.1, 0.15) is 31.4 Å². The molecular weight excluding hydrogens is 216 g/mol. The monoisotopic (exact) mass is 232 g/mol. The van der Waals surface area contributed by atoms with Crippen LogP contribution in [0.2, 0.25) is 0 Å². The van der Waals surface area contributed by atoms with Crippen LogP contribution in [0.25, 0.3) is 11.5 Å². The van der Waals surface area contributed by atoms with E-state index in [1.165, 1.54) is 12.8 Å². The van der Waals surface area contributed by atoms with E-state index >= 15 is 0 Å². The van der Waals surface area contributed by atoms with Gasteiger partial charge in [0.15, 0.2) is 11.5 Å². The smallest absolute Gasteiger partial charge is 0.209 e. The number of rotatable bonds is 5. The Balaban J connectivity index is 1.69. The van der Waals surface area contributed by atoms with E-state index in [-0.39, 0.29) is 0 Å². The summed E-state index contributed by atoms with van der Waals surface area (Å²) in [4.78, 5) is 4.24. The van der Waals surface area contributed by atoms with E-state index in [0.717, 1.165) is 23.8 Å². The zero-order valence-corrected chi connectivity index (χ0v) is 9.90. The molecule has 1 saturated carbocycles. The van der Waals surface area contributed by atoms with Gasteiger partial charge < -0.3 is 14.2 Å². The van der Waals surface area contributed by atoms with E-state index in [9.17, 15) is 0 Å². The Morgan fingerprint density at radius 3 is 2.88 bits per heavy atom. The molecule has 0 atom stereocenters. The van der Waals surface area contributed by atoms with Crippen molar-refractivity contribution in [2.75, 3.05) is 0 Å². The minimum absolute atomic E-state index is 0.667. The maximum atomic E-state index is 5.64. The van der Waals surface area contributed by atoms with Gasteiger partial charge in [0, 0.05) is 12.5 Å². The van der Waals surface area contributed by atoms with Crippen molar-refractivity contribution >= 4 is 0 Å². The van der Waals surface area contributed by atoms with Crippen molar-refractivity contribution < 1.29 is 8.83 Å². The van der Waals surface area contributed by atoms with Gasteiger partial charge in [-0.1, -0.05) is 6.92 Å². The summed E-state index contributed by atoms with van der Waals surface area (Å²) in [6.45, 7) is 2.76. The molecular formula is C13H16N2O2. The van der Waals surface area contributed by atoms with Crippen LogP contribution in [-0.4, -0.2) is 11.0 Å². The summed E-state index contributed by atoms with van der Waals surface area (Å²) in [5, 5.41) is 3.37. The molecule has 1 aliphatic rings. The predicted octanol–water partition coefficient (Wildman–Crippen LogP) is 2.75. The molecule has 0 amide bonds. The average Bonchev–Trinajstić information content (AvgIpc) is 2.89. The van der Waals surface area contributed by atoms with Gasteiger partial charge in [-0.15, -0.1) is 0 Å². The highest BCUT2D eigenvalue weighted by atomic mass is 16.4. The van der Waals surface area contributed by atoms with Crippen LogP contribution in [0, 0.1) is 0 Å². The first-order valence-electron chi connectivity index (χ1n) is 6.12. The van der Waals surface area contributed by atoms with Crippen LogP contribution in [-0.2, 0) is 13.0 Å². The zero-order valence-electron chi connectivity index (χ0n) is 9.90. The summed E-state index contributed by atoms with van der Waals surface area (Å²) in [6.07, 6.45) is 5.16. The molecule has 90 valence electrons. The van der Waals surface area contributed by atoms with Gasteiger partial charge in [0.1, 0.15) is 5.76 Å². The molecule has 1 N–H and O–H groups in total. The fourth-order valence-electron chi connectivity index (χ4n) is 1.73. The van der Waals surface area contributed by atoms with Gasteiger partial charge in [-0.3, -0.25) is 0 Å². The standard InChI is InChI=1S/C13H16N2O2/c1-2-10-5-6-11(16-10)12-7-15-13(17-12)8-14-9-3-4-9/h5-7,9,14H,2-4,8H2,1H3. The van der Waals surface area contributed by atoms with Crippen LogP contribution < -0.4 is 5.32 Å². The summed E-state index contributed by atoms with van der Waals surface area (Å²) < 4.78 is 11.3. The average molecular weight is 232 g/mol. The van der Waals surface area contributed by atoms with E-state index < -0.39 is 0 Å². The van der Waals surface area contributed by atoms with Gasteiger partial charge in [0.05, 0.1) is 12.7 Å². The summed E-state index contributed by atoms with van der Waals surface area (Å²) in [6, 6.07) is 4.57. The Morgan fingerprint density at radius 1 is 1.29 bits per heavy atom. The summed E-state index contributed by atoms with van der Waals surface area (Å²) in [5.41, 5.74) is 0. The van der Waals surface area contributed by atoms with E-state index in [1.807, 2.05) is 12.1 Å². The molecule has 17 heavy (non-hydrogen) atoms. The van der Waals surface area contributed by atoms with Gasteiger partial charge in [-0.05, 0) is 25.0 Å². The third-order valence-corrected chi connectivity index (χ3v) is 2.93. The number of aryl methyl sites for hydroxylation is 1. The molecule has 0 spiro atoms. The highest BCUT2D eigenvalue weighted by molar-refractivity contribution is 5.48. The topological polar surface area (TPSA) is 51.2 Å². The molecule has 3 rings (SSSR count). The number of hydrogen-bond acceptors (Lipinski definition) is 4. The van der Waals surface area contributed by atoms with Crippen molar-refractivity contribution in [2.24, 2.45) is 0 Å². The molecule has 1 aliphatic carbocycles. The summed E-state index contributed by atoms with van der Waals surface area (Å²) in [7, 11) is 0. The van der Waals surface area contributed by atoms with E-state index in [2.05, 4.69) is 17.2 Å². The third kappa shape index (κ3) is 2.42. The maximum absolute atomic E-state index is 5.64. The second-order valence-corrected chi connectivity index (χ2v) is 4.39. The Labute approximate surface area is 100 Å². The first-order valence-corrected chi connectivity index (χ1v) is 6.12. The Bertz CT molecular complexity index is 497. The number of furan rings is 1.